The van der Waals surface area contributed by atoms with Crippen LogP contribution in [-0.4, -0.2) is 4.57 Å². The second-order valence-electron chi connectivity index (χ2n) is 6.26. The first kappa shape index (κ1) is 18.4. The minimum absolute atomic E-state index is 0.0748. The third kappa shape index (κ3) is 4.30. The van der Waals surface area contributed by atoms with E-state index in [0.29, 0.717) is 16.4 Å². The molecule has 4 rings (SSSR count). The molecule has 0 saturated carbocycles. The van der Waals surface area contributed by atoms with Gasteiger partial charge in [0.15, 0.2) is 4.80 Å². The smallest absolute Gasteiger partial charge is 0.254 e. The van der Waals surface area contributed by atoms with Gasteiger partial charge in [-0.15, -0.1) is 0 Å². The second-order valence-corrected chi connectivity index (χ2v) is 7.70. The maximum Gasteiger partial charge on any atom is 0.254 e. The molecule has 3 aromatic carbocycles. The van der Waals surface area contributed by atoms with E-state index in [1.165, 1.54) is 11.3 Å². The van der Waals surface area contributed by atoms with Crippen LogP contribution in [0.1, 0.15) is 5.56 Å². The van der Waals surface area contributed by atoms with Crippen molar-refractivity contribution in [3.05, 3.63) is 117 Å². The number of hydrogen-bond acceptors (Lipinski definition) is 3. The first-order chi connectivity index (χ1) is 13.7. The summed E-state index contributed by atoms with van der Waals surface area (Å²) in [7, 11) is 0. The Labute approximate surface area is 171 Å². The predicted molar refractivity (Wildman–Crippen MR) is 116 cm³/mol. The van der Waals surface area contributed by atoms with Gasteiger partial charge in [-0.2, -0.15) is 0 Å². The Morgan fingerprint density at radius 3 is 2.18 bits per heavy atom. The zero-order valence-electron chi connectivity index (χ0n) is 15.0. The lowest BCUT2D eigenvalue weighted by Crippen LogP contribution is -2.31. The summed E-state index contributed by atoms with van der Waals surface area (Å²) in [5.74, 6) is 0. The van der Waals surface area contributed by atoms with Crippen LogP contribution in [0.2, 0.25) is 5.02 Å². The first-order valence-corrected chi connectivity index (χ1v) is 10.0. The summed E-state index contributed by atoms with van der Waals surface area (Å²) in [5, 5.41) is 0.655. The maximum absolute atomic E-state index is 13.0. The number of halogens is 1. The van der Waals surface area contributed by atoms with Crippen LogP contribution in [0.15, 0.2) is 101 Å². The number of nitrogens with zero attached hydrogens (tertiary/aromatic N) is 2. The van der Waals surface area contributed by atoms with E-state index in [1.807, 2.05) is 72.8 Å². The fraction of sp³-hybridized carbons (Fsp3) is 0.0435. The van der Waals surface area contributed by atoms with Crippen molar-refractivity contribution in [3.8, 4) is 10.4 Å². The van der Waals surface area contributed by atoms with Crippen molar-refractivity contribution in [2.24, 2.45) is 4.99 Å². The number of rotatable bonds is 4. The van der Waals surface area contributed by atoms with Gasteiger partial charge in [0.1, 0.15) is 0 Å². The van der Waals surface area contributed by atoms with Crippen molar-refractivity contribution < 1.29 is 0 Å². The highest BCUT2D eigenvalue weighted by molar-refractivity contribution is 7.12. The fourth-order valence-corrected chi connectivity index (χ4v) is 3.98. The highest BCUT2D eigenvalue weighted by Gasteiger charge is 2.07. The van der Waals surface area contributed by atoms with Crippen molar-refractivity contribution in [2.45, 2.75) is 6.54 Å². The molecule has 0 bridgehead atoms. The third-order valence-corrected chi connectivity index (χ3v) is 5.57. The predicted octanol–water partition coefficient (Wildman–Crippen LogP) is 5.51. The molecule has 0 radical (unpaired) electrons. The van der Waals surface area contributed by atoms with Crippen LogP contribution in [0, 0.1) is 0 Å². The number of benzene rings is 3. The summed E-state index contributed by atoms with van der Waals surface area (Å²) in [6.45, 7) is 0.470. The van der Waals surface area contributed by atoms with Crippen molar-refractivity contribution in [1.82, 2.24) is 4.57 Å². The van der Waals surface area contributed by atoms with Crippen LogP contribution in [0.4, 0.5) is 5.69 Å². The Hall–Kier alpha value is -2.95. The molecule has 4 aromatic rings. The Morgan fingerprint density at radius 1 is 0.857 bits per heavy atom. The minimum atomic E-state index is -0.0748. The molecule has 3 nitrogen and oxygen atoms in total. The molecular weight excluding hydrogens is 388 g/mol. The van der Waals surface area contributed by atoms with Gasteiger partial charge in [0.2, 0.25) is 0 Å². The molecule has 1 aromatic heterocycles. The van der Waals surface area contributed by atoms with Gasteiger partial charge < -0.3 is 0 Å². The normalized spacial score (nSPS) is 11.5. The molecule has 1 heterocycles. The minimum Gasteiger partial charge on any atom is -0.280 e. The lowest BCUT2D eigenvalue weighted by Gasteiger charge is -2.09. The van der Waals surface area contributed by atoms with Crippen LogP contribution in [0.5, 0.6) is 0 Å². The standard InChI is InChI=1S/C23H17ClN2OS/c24-19-11-13-20(14-12-19)25-23-26(16-17-7-3-1-4-8-17)22(27)15-21(28-23)18-9-5-2-6-10-18/h1-15H,16H2. The third-order valence-electron chi connectivity index (χ3n) is 4.25. The molecule has 0 aliphatic rings. The molecule has 0 spiro atoms. The quantitative estimate of drug-likeness (QED) is 0.441. The largest absolute Gasteiger partial charge is 0.280 e. The van der Waals surface area contributed by atoms with Gasteiger partial charge in [-0.3, -0.25) is 9.36 Å². The van der Waals surface area contributed by atoms with E-state index in [9.17, 15) is 4.79 Å². The molecule has 138 valence electrons. The average molecular weight is 405 g/mol. The lowest BCUT2D eigenvalue weighted by molar-refractivity contribution is 0.733. The van der Waals surface area contributed by atoms with Crippen LogP contribution in [0.3, 0.4) is 0 Å². The van der Waals surface area contributed by atoms with Gasteiger partial charge in [-0.25, -0.2) is 4.99 Å². The molecule has 0 aliphatic carbocycles. The van der Waals surface area contributed by atoms with E-state index in [2.05, 4.69) is 0 Å². The zero-order valence-corrected chi connectivity index (χ0v) is 16.5. The molecule has 28 heavy (non-hydrogen) atoms. The number of hydrogen-bond donors (Lipinski definition) is 0. The van der Waals surface area contributed by atoms with Gasteiger partial charge in [-0.1, -0.05) is 83.6 Å². The van der Waals surface area contributed by atoms with Gasteiger partial charge in [0, 0.05) is 16.0 Å². The van der Waals surface area contributed by atoms with E-state index >= 15 is 0 Å². The van der Waals surface area contributed by atoms with Crippen molar-refractivity contribution >= 4 is 28.6 Å². The van der Waals surface area contributed by atoms with Crippen LogP contribution in [-0.2, 0) is 6.54 Å². The monoisotopic (exact) mass is 404 g/mol. The Morgan fingerprint density at radius 2 is 1.50 bits per heavy atom. The van der Waals surface area contributed by atoms with Crippen molar-refractivity contribution in [1.29, 1.82) is 0 Å². The van der Waals surface area contributed by atoms with Crippen molar-refractivity contribution in [2.75, 3.05) is 0 Å². The van der Waals surface area contributed by atoms with Crippen LogP contribution in [0.25, 0.3) is 10.4 Å². The average Bonchev–Trinajstić information content (AvgIpc) is 2.73. The molecule has 0 aliphatic heterocycles. The fourth-order valence-electron chi connectivity index (χ4n) is 2.83. The molecule has 0 saturated heterocycles. The zero-order chi connectivity index (χ0) is 19.3. The highest BCUT2D eigenvalue weighted by Crippen LogP contribution is 2.21. The number of aromatic nitrogens is 1. The second kappa shape index (κ2) is 8.38. The molecule has 0 unspecified atom stereocenters. The maximum atomic E-state index is 13.0. The molecule has 0 N–H and O–H groups in total. The Balaban J connectivity index is 1.89. The summed E-state index contributed by atoms with van der Waals surface area (Å²) < 4.78 is 1.71. The first-order valence-electron chi connectivity index (χ1n) is 8.84. The summed E-state index contributed by atoms with van der Waals surface area (Å²) in [6.07, 6.45) is 0. The summed E-state index contributed by atoms with van der Waals surface area (Å²) in [6, 6.07) is 28.8. The lowest BCUT2D eigenvalue weighted by atomic mass is 10.2. The summed E-state index contributed by atoms with van der Waals surface area (Å²) in [5.41, 5.74) is 2.74. The van der Waals surface area contributed by atoms with Crippen molar-refractivity contribution in [3.63, 3.8) is 0 Å². The van der Waals surface area contributed by atoms with Crippen LogP contribution < -0.4 is 10.4 Å². The Bertz CT molecular complexity index is 1200. The SMILES string of the molecule is O=c1cc(-c2ccccc2)sc(=Nc2ccc(Cl)cc2)n1Cc1ccccc1. The van der Waals surface area contributed by atoms with E-state index in [4.69, 9.17) is 16.6 Å². The topological polar surface area (TPSA) is 34.4 Å². The summed E-state index contributed by atoms with van der Waals surface area (Å²) in [4.78, 5) is 19.3. The molecule has 5 heteroatoms. The molecule has 0 amide bonds. The van der Waals surface area contributed by atoms with E-state index in [0.717, 1.165) is 21.7 Å². The van der Waals surface area contributed by atoms with Crippen LogP contribution >= 0.6 is 22.9 Å². The summed E-state index contributed by atoms with van der Waals surface area (Å²) >= 11 is 7.49. The van der Waals surface area contributed by atoms with Gasteiger partial charge in [0.25, 0.3) is 5.56 Å². The Kier molecular flexibility index (Phi) is 5.51. The van der Waals surface area contributed by atoms with E-state index in [-0.39, 0.29) is 5.56 Å². The van der Waals surface area contributed by atoms with Gasteiger partial charge in [0.05, 0.1) is 12.2 Å². The molecular formula is C23H17ClN2OS. The van der Waals surface area contributed by atoms with E-state index < -0.39 is 0 Å². The van der Waals surface area contributed by atoms with Gasteiger partial charge >= 0.3 is 0 Å². The highest BCUT2D eigenvalue weighted by atomic mass is 35.5. The molecule has 0 fully saturated rings. The van der Waals surface area contributed by atoms with Gasteiger partial charge in [-0.05, 0) is 35.4 Å². The van der Waals surface area contributed by atoms with E-state index in [1.54, 1.807) is 22.8 Å². The molecule has 0 atom stereocenters.